The van der Waals surface area contributed by atoms with Crippen molar-refractivity contribution in [1.82, 2.24) is 9.80 Å². The lowest BCUT2D eigenvalue weighted by molar-refractivity contribution is -0.142. The Hall–Kier alpha value is -0.810. The molecule has 23 heavy (non-hydrogen) atoms. The molecule has 3 rings (SSSR count). The number of amides is 2. The number of hydrogen-bond donors (Lipinski definition) is 1. The zero-order valence-corrected chi connectivity index (χ0v) is 14.9. The van der Waals surface area contributed by atoms with E-state index in [0.29, 0.717) is 12.5 Å². The number of halogens is 1. The first-order valence-electron chi connectivity index (χ1n) is 8.89. The molecular weight excluding hydrogens is 314 g/mol. The van der Waals surface area contributed by atoms with Crippen molar-refractivity contribution >= 4 is 24.2 Å². The molecule has 2 aliphatic heterocycles. The molecule has 2 atom stereocenters. The van der Waals surface area contributed by atoms with Gasteiger partial charge in [-0.3, -0.25) is 9.59 Å². The van der Waals surface area contributed by atoms with Crippen molar-refractivity contribution in [2.45, 2.75) is 51.5 Å². The van der Waals surface area contributed by atoms with Crippen LogP contribution in [-0.2, 0) is 9.59 Å². The third kappa shape index (κ3) is 4.38. The first-order valence-corrected chi connectivity index (χ1v) is 8.89. The molecule has 0 aromatic carbocycles. The van der Waals surface area contributed by atoms with Crippen LogP contribution >= 0.6 is 12.4 Å². The van der Waals surface area contributed by atoms with Crippen LogP contribution in [0.2, 0.25) is 0 Å². The maximum absolute atomic E-state index is 12.7. The largest absolute Gasteiger partial charge is 0.342 e. The number of piperidine rings is 2. The zero-order valence-electron chi connectivity index (χ0n) is 14.1. The quantitative estimate of drug-likeness (QED) is 0.847. The molecule has 0 radical (unpaired) electrons. The zero-order chi connectivity index (χ0) is 15.7. The molecule has 3 aliphatic rings. The average Bonchev–Trinajstić information content (AvgIpc) is 3.38. The number of hydrogen-bond acceptors (Lipinski definition) is 3. The number of nitrogens with zero attached hydrogens (tertiary/aromatic N) is 2. The van der Waals surface area contributed by atoms with Crippen LogP contribution in [0.25, 0.3) is 0 Å². The average molecular weight is 344 g/mol. The maximum atomic E-state index is 12.7. The van der Waals surface area contributed by atoms with Crippen molar-refractivity contribution in [1.29, 1.82) is 0 Å². The Morgan fingerprint density at radius 2 is 1.52 bits per heavy atom. The number of likely N-dealkylation sites (tertiary alicyclic amines) is 2. The molecule has 2 saturated heterocycles. The van der Waals surface area contributed by atoms with Crippen molar-refractivity contribution in [2.75, 3.05) is 26.2 Å². The van der Waals surface area contributed by atoms with Gasteiger partial charge in [0.2, 0.25) is 11.8 Å². The lowest BCUT2D eigenvalue weighted by Gasteiger charge is -2.38. The molecule has 2 heterocycles. The Labute approximate surface area is 145 Å². The molecular formula is C17H30ClN3O2. The highest BCUT2D eigenvalue weighted by Gasteiger charge is 2.38. The van der Waals surface area contributed by atoms with Gasteiger partial charge in [-0.25, -0.2) is 0 Å². The van der Waals surface area contributed by atoms with Gasteiger partial charge in [0.15, 0.2) is 0 Å². The Kier molecular flexibility index (Phi) is 6.32. The third-order valence-electron chi connectivity index (χ3n) is 5.60. The van der Waals surface area contributed by atoms with Crippen LogP contribution in [0.1, 0.15) is 45.4 Å². The third-order valence-corrected chi connectivity index (χ3v) is 5.60. The van der Waals surface area contributed by atoms with Gasteiger partial charge in [-0.05, 0) is 51.4 Å². The van der Waals surface area contributed by atoms with Crippen molar-refractivity contribution in [3.63, 3.8) is 0 Å². The Morgan fingerprint density at radius 1 is 0.913 bits per heavy atom. The van der Waals surface area contributed by atoms with E-state index in [1.807, 2.05) is 9.80 Å². The van der Waals surface area contributed by atoms with E-state index in [0.717, 1.165) is 58.2 Å². The van der Waals surface area contributed by atoms with E-state index in [-0.39, 0.29) is 42.1 Å². The van der Waals surface area contributed by atoms with E-state index < -0.39 is 0 Å². The van der Waals surface area contributed by atoms with Gasteiger partial charge in [0.25, 0.3) is 0 Å². The summed E-state index contributed by atoms with van der Waals surface area (Å²) < 4.78 is 0. The van der Waals surface area contributed by atoms with Crippen molar-refractivity contribution in [2.24, 2.45) is 23.5 Å². The van der Waals surface area contributed by atoms with Gasteiger partial charge in [0.05, 0.1) is 5.92 Å². The van der Waals surface area contributed by atoms with Crippen LogP contribution in [0.3, 0.4) is 0 Å². The summed E-state index contributed by atoms with van der Waals surface area (Å²) in [4.78, 5) is 28.9. The molecule has 6 heteroatoms. The summed E-state index contributed by atoms with van der Waals surface area (Å²) in [7, 11) is 0. The molecule has 0 bridgehead atoms. The number of carbonyl (C=O) groups excluding carboxylic acids is 2. The Bertz CT molecular complexity index is 432. The van der Waals surface area contributed by atoms with Gasteiger partial charge in [0, 0.05) is 38.1 Å². The van der Waals surface area contributed by atoms with E-state index in [9.17, 15) is 9.59 Å². The van der Waals surface area contributed by atoms with E-state index in [1.165, 1.54) is 0 Å². The molecule has 1 saturated carbocycles. The highest BCUT2D eigenvalue weighted by molar-refractivity contribution is 5.85. The van der Waals surface area contributed by atoms with Crippen LogP contribution in [0.4, 0.5) is 0 Å². The second-order valence-electron chi connectivity index (χ2n) is 7.42. The Balaban J connectivity index is 0.00000192. The lowest BCUT2D eigenvalue weighted by atomic mass is 9.89. The van der Waals surface area contributed by atoms with Crippen LogP contribution in [0, 0.1) is 17.8 Å². The molecule has 1 aliphatic carbocycles. The first-order chi connectivity index (χ1) is 10.6. The minimum absolute atomic E-state index is 0. The molecule has 132 valence electrons. The van der Waals surface area contributed by atoms with Gasteiger partial charge in [-0.2, -0.15) is 0 Å². The Morgan fingerprint density at radius 3 is 2.09 bits per heavy atom. The van der Waals surface area contributed by atoms with Crippen LogP contribution in [0.5, 0.6) is 0 Å². The number of nitrogens with two attached hydrogens (primary N) is 1. The molecule has 5 nitrogen and oxygen atoms in total. The fraction of sp³-hybridized carbons (Fsp3) is 0.882. The second-order valence-corrected chi connectivity index (χ2v) is 7.42. The maximum Gasteiger partial charge on any atom is 0.227 e. The van der Waals surface area contributed by atoms with Crippen LogP contribution < -0.4 is 5.73 Å². The summed E-state index contributed by atoms with van der Waals surface area (Å²) in [5, 5.41) is 0. The van der Waals surface area contributed by atoms with Crippen molar-refractivity contribution in [3.8, 4) is 0 Å². The summed E-state index contributed by atoms with van der Waals surface area (Å²) in [6.45, 7) is 5.20. The first kappa shape index (κ1) is 18.5. The summed E-state index contributed by atoms with van der Waals surface area (Å²) in [6, 6.07) is 0.221. The van der Waals surface area contributed by atoms with E-state index in [1.54, 1.807) is 0 Å². The summed E-state index contributed by atoms with van der Waals surface area (Å²) in [5.41, 5.74) is 5.97. The second kappa shape index (κ2) is 7.84. The fourth-order valence-corrected chi connectivity index (χ4v) is 3.87. The van der Waals surface area contributed by atoms with Gasteiger partial charge in [-0.1, -0.05) is 0 Å². The molecule has 0 spiro atoms. The summed E-state index contributed by atoms with van der Waals surface area (Å²) >= 11 is 0. The van der Waals surface area contributed by atoms with Crippen LogP contribution in [-0.4, -0.2) is 53.8 Å². The smallest absolute Gasteiger partial charge is 0.227 e. The van der Waals surface area contributed by atoms with Crippen LogP contribution in [0.15, 0.2) is 0 Å². The summed E-state index contributed by atoms with van der Waals surface area (Å²) in [6.07, 6.45) is 6.00. The SMILES string of the molecule is CC(N)C1CCN(C(=O)C2CCCN(C(=O)C3CC3)C2)CC1.Cl. The van der Waals surface area contributed by atoms with Gasteiger partial charge in [0.1, 0.15) is 0 Å². The number of rotatable bonds is 3. The molecule has 3 fully saturated rings. The topological polar surface area (TPSA) is 66.6 Å². The fourth-order valence-electron chi connectivity index (χ4n) is 3.87. The number of carbonyl (C=O) groups is 2. The monoisotopic (exact) mass is 343 g/mol. The minimum Gasteiger partial charge on any atom is -0.342 e. The normalized spacial score (nSPS) is 27.3. The van der Waals surface area contributed by atoms with Crippen molar-refractivity contribution in [3.05, 3.63) is 0 Å². The standard InChI is InChI=1S/C17H29N3O2.ClH/c1-12(18)13-6-9-19(10-7-13)17(22)15-3-2-8-20(11-15)16(21)14-4-5-14;/h12-15H,2-11,18H2,1H3;1H. The van der Waals surface area contributed by atoms with Crippen molar-refractivity contribution < 1.29 is 9.59 Å². The lowest BCUT2D eigenvalue weighted by Crippen LogP contribution is -2.49. The van der Waals surface area contributed by atoms with E-state index in [4.69, 9.17) is 5.73 Å². The predicted octanol–water partition coefficient (Wildman–Crippen LogP) is 1.64. The molecule has 2 unspecified atom stereocenters. The predicted molar refractivity (Wildman–Crippen MR) is 92.2 cm³/mol. The van der Waals surface area contributed by atoms with Gasteiger partial charge >= 0.3 is 0 Å². The molecule has 0 aromatic heterocycles. The molecule has 2 amide bonds. The highest BCUT2D eigenvalue weighted by atomic mass is 35.5. The van der Waals surface area contributed by atoms with Gasteiger partial charge < -0.3 is 15.5 Å². The van der Waals surface area contributed by atoms with E-state index in [2.05, 4.69) is 6.92 Å². The van der Waals surface area contributed by atoms with E-state index >= 15 is 0 Å². The summed E-state index contributed by atoms with van der Waals surface area (Å²) in [5.74, 6) is 1.37. The molecule has 2 N–H and O–H groups in total. The van der Waals surface area contributed by atoms with Gasteiger partial charge in [-0.15, -0.1) is 12.4 Å². The minimum atomic E-state index is 0. The molecule has 0 aromatic rings. The highest BCUT2D eigenvalue weighted by Crippen LogP contribution is 2.33.